The highest BCUT2D eigenvalue weighted by Gasteiger charge is 2.14. The maximum atomic E-state index is 13.5. The van der Waals surface area contributed by atoms with E-state index in [1.807, 2.05) is 0 Å². The van der Waals surface area contributed by atoms with E-state index in [1.165, 1.54) is 24.3 Å². The van der Waals surface area contributed by atoms with Crippen molar-refractivity contribution in [1.29, 1.82) is 0 Å². The lowest BCUT2D eigenvalue weighted by Gasteiger charge is -2.12. The van der Waals surface area contributed by atoms with Gasteiger partial charge in [-0.1, -0.05) is 23.7 Å². The lowest BCUT2D eigenvalue weighted by molar-refractivity contribution is 0.173. The van der Waals surface area contributed by atoms with E-state index >= 15 is 0 Å². The summed E-state index contributed by atoms with van der Waals surface area (Å²) in [4.78, 5) is 0. The average molecular weight is 287 g/mol. The average Bonchev–Trinajstić information content (AvgIpc) is 2.33. The zero-order valence-electron chi connectivity index (χ0n) is 9.71. The van der Waals surface area contributed by atoms with Crippen LogP contribution in [0, 0.1) is 17.5 Å². The van der Waals surface area contributed by atoms with Crippen molar-refractivity contribution >= 4 is 11.6 Å². The molecule has 0 amide bonds. The molecule has 2 rings (SSSR count). The standard InChI is InChI=1S/C14H10ClF3O/c15-11-5-8(1-4-12(11)17)6-14(19)10-3-2-9(16)7-13(10)18/h1-5,7,14,19H,6H2. The summed E-state index contributed by atoms with van der Waals surface area (Å²) in [6.45, 7) is 0. The second-order valence-corrected chi connectivity index (χ2v) is 4.54. The monoisotopic (exact) mass is 286 g/mol. The Hall–Kier alpha value is -1.52. The molecule has 0 fully saturated rings. The van der Waals surface area contributed by atoms with E-state index in [1.54, 1.807) is 0 Å². The Morgan fingerprint density at radius 2 is 1.74 bits per heavy atom. The molecule has 2 aromatic carbocycles. The predicted octanol–water partition coefficient (Wildman–Crippen LogP) is 4.03. The highest BCUT2D eigenvalue weighted by atomic mass is 35.5. The largest absolute Gasteiger partial charge is 0.388 e. The van der Waals surface area contributed by atoms with E-state index < -0.39 is 23.6 Å². The van der Waals surface area contributed by atoms with Crippen molar-refractivity contribution in [3.05, 3.63) is 70.0 Å². The number of rotatable bonds is 3. The molecule has 0 aliphatic rings. The number of aliphatic hydroxyl groups excluding tert-OH is 1. The SMILES string of the molecule is OC(Cc1ccc(F)c(Cl)c1)c1ccc(F)cc1F. The molecule has 0 saturated carbocycles. The number of benzene rings is 2. The Morgan fingerprint density at radius 1 is 1.00 bits per heavy atom. The second kappa shape index (κ2) is 5.63. The molecule has 0 radical (unpaired) electrons. The Kier molecular flexibility index (Phi) is 4.12. The summed E-state index contributed by atoms with van der Waals surface area (Å²) in [5.74, 6) is -2.09. The van der Waals surface area contributed by atoms with Gasteiger partial charge in [-0.05, 0) is 23.8 Å². The predicted molar refractivity (Wildman–Crippen MR) is 66.4 cm³/mol. The Bertz CT molecular complexity index is 601. The third-order valence-corrected chi connectivity index (χ3v) is 3.02. The number of aliphatic hydroxyl groups is 1. The van der Waals surface area contributed by atoms with Gasteiger partial charge in [0, 0.05) is 18.1 Å². The molecule has 0 aliphatic carbocycles. The molecule has 0 heterocycles. The van der Waals surface area contributed by atoms with Gasteiger partial charge in [-0.15, -0.1) is 0 Å². The Labute approximate surface area is 113 Å². The Balaban J connectivity index is 2.20. The Morgan fingerprint density at radius 3 is 2.37 bits per heavy atom. The van der Waals surface area contributed by atoms with Gasteiger partial charge in [0.05, 0.1) is 11.1 Å². The molecule has 0 aromatic heterocycles. The van der Waals surface area contributed by atoms with Crippen LogP contribution in [0.5, 0.6) is 0 Å². The molecule has 1 N–H and O–H groups in total. The zero-order valence-corrected chi connectivity index (χ0v) is 10.5. The first kappa shape index (κ1) is 13.9. The summed E-state index contributed by atoms with van der Waals surface area (Å²) < 4.78 is 39.2. The van der Waals surface area contributed by atoms with Gasteiger partial charge in [0.15, 0.2) is 0 Å². The molecule has 19 heavy (non-hydrogen) atoms. The summed E-state index contributed by atoms with van der Waals surface area (Å²) in [6.07, 6.45) is -1.09. The molecular formula is C14H10ClF3O. The highest BCUT2D eigenvalue weighted by molar-refractivity contribution is 6.30. The first-order valence-electron chi connectivity index (χ1n) is 5.54. The molecule has 0 saturated heterocycles. The smallest absolute Gasteiger partial charge is 0.141 e. The number of hydrogen-bond acceptors (Lipinski definition) is 1. The molecule has 1 atom stereocenters. The molecular weight excluding hydrogens is 277 g/mol. The van der Waals surface area contributed by atoms with Crippen molar-refractivity contribution in [1.82, 2.24) is 0 Å². The van der Waals surface area contributed by atoms with Gasteiger partial charge in [0.25, 0.3) is 0 Å². The van der Waals surface area contributed by atoms with Crippen molar-refractivity contribution in [2.75, 3.05) is 0 Å². The maximum absolute atomic E-state index is 13.5. The van der Waals surface area contributed by atoms with Crippen LogP contribution < -0.4 is 0 Å². The van der Waals surface area contributed by atoms with Crippen LogP contribution in [0.3, 0.4) is 0 Å². The van der Waals surface area contributed by atoms with Gasteiger partial charge in [0.1, 0.15) is 17.5 Å². The van der Waals surface area contributed by atoms with Crippen molar-refractivity contribution in [2.24, 2.45) is 0 Å². The zero-order chi connectivity index (χ0) is 14.0. The van der Waals surface area contributed by atoms with E-state index in [0.29, 0.717) is 11.6 Å². The van der Waals surface area contributed by atoms with Gasteiger partial charge in [-0.3, -0.25) is 0 Å². The van der Waals surface area contributed by atoms with Crippen molar-refractivity contribution in [2.45, 2.75) is 12.5 Å². The van der Waals surface area contributed by atoms with Crippen molar-refractivity contribution < 1.29 is 18.3 Å². The van der Waals surface area contributed by atoms with Gasteiger partial charge in [0.2, 0.25) is 0 Å². The number of halogens is 4. The maximum Gasteiger partial charge on any atom is 0.141 e. The van der Waals surface area contributed by atoms with E-state index in [2.05, 4.69) is 0 Å². The quantitative estimate of drug-likeness (QED) is 0.903. The molecule has 1 unspecified atom stereocenters. The first-order chi connectivity index (χ1) is 8.97. The third-order valence-electron chi connectivity index (χ3n) is 2.73. The molecule has 0 bridgehead atoms. The summed E-state index contributed by atoms with van der Waals surface area (Å²) in [5, 5.41) is 9.84. The summed E-state index contributed by atoms with van der Waals surface area (Å²) in [6, 6.07) is 6.94. The minimum atomic E-state index is -1.15. The van der Waals surface area contributed by atoms with Crippen LogP contribution in [0.1, 0.15) is 17.2 Å². The van der Waals surface area contributed by atoms with E-state index in [9.17, 15) is 18.3 Å². The van der Waals surface area contributed by atoms with Crippen LogP contribution in [0.15, 0.2) is 36.4 Å². The normalized spacial score (nSPS) is 12.5. The molecule has 100 valence electrons. The lowest BCUT2D eigenvalue weighted by Crippen LogP contribution is -2.05. The highest BCUT2D eigenvalue weighted by Crippen LogP contribution is 2.24. The van der Waals surface area contributed by atoms with E-state index in [-0.39, 0.29) is 17.0 Å². The van der Waals surface area contributed by atoms with Crippen LogP contribution in [-0.4, -0.2) is 5.11 Å². The molecule has 5 heteroatoms. The third kappa shape index (κ3) is 3.28. The first-order valence-corrected chi connectivity index (χ1v) is 5.92. The minimum absolute atomic E-state index is 0.0122. The van der Waals surface area contributed by atoms with Crippen molar-refractivity contribution in [3.8, 4) is 0 Å². The fraction of sp³-hybridized carbons (Fsp3) is 0.143. The van der Waals surface area contributed by atoms with E-state index in [0.717, 1.165) is 6.07 Å². The second-order valence-electron chi connectivity index (χ2n) is 4.13. The van der Waals surface area contributed by atoms with Crippen LogP contribution in [0.25, 0.3) is 0 Å². The van der Waals surface area contributed by atoms with Crippen LogP contribution in [0.2, 0.25) is 5.02 Å². The summed E-state index contributed by atoms with van der Waals surface area (Å²) in [7, 11) is 0. The topological polar surface area (TPSA) is 20.2 Å². The minimum Gasteiger partial charge on any atom is -0.388 e. The van der Waals surface area contributed by atoms with Gasteiger partial charge < -0.3 is 5.11 Å². The van der Waals surface area contributed by atoms with Crippen LogP contribution in [-0.2, 0) is 6.42 Å². The van der Waals surface area contributed by atoms with Gasteiger partial charge in [-0.25, -0.2) is 13.2 Å². The van der Waals surface area contributed by atoms with Crippen LogP contribution >= 0.6 is 11.6 Å². The molecule has 2 aromatic rings. The van der Waals surface area contributed by atoms with Gasteiger partial charge >= 0.3 is 0 Å². The summed E-state index contributed by atoms with van der Waals surface area (Å²) >= 11 is 5.62. The summed E-state index contributed by atoms with van der Waals surface area (Å²) in [5.41, 5.74) is 0.546. The van der Waals surface area contributed by atoms with Crippen LogP contribution in [0.4, 0.5) is 13.2 Å². The molecule has 1 nitrogen and oxygen atoms in total. The fourth-order valence-electron chi connectivity index (χ4n) is 1.77. The van der Waals surface area contributed by atoms with Gasteiger partial charge in [-0.2, -0.15) is 0 Å². The van der Waals surface area contributed by atoms with E-state index in [4.69, 9.17) is 11.6 Å². The van der Waals surface area contributed by atoms with Crippen molar-refractivity contribution in [3.63, 3.8) is 0 Å². The molecule has 0 aliphatic heterocycles. The fourth-order valence-corrected chi connectivity index (χ4v) is 1.97. The number of hydrogen-bond donors (Lipinski definition) is 1. The lowest BCUT2D eigenvalue weighted by atomic mass is 10.0. The molecule has 0 spiro atoms.